The van der Waals surface area contributed by atoms with Crippen LogP contribution in [-0.2, 0) is 32.5 Å². The fraction of sp³-hybridized carbons (Fsp3) is 0.273. The molecule has 2 heterocycles. The molecule has 0 atom stereocenters. The Hall–Kier alpha value is -2.59. The molecule has 0 saturated carbocycles. The molecule has 0 spiro atoms. The number of carbonyl (C=O) groups excluding carboxylic acids is 1. The molecule has 1 aromatic heterocycles. The van der Waals surface area contributed by atoms with Gasteiger partial charge in [-0.3, -0.25) is 4.79 Å². The van der Waals surface area contributed by atoms with Crippen molar-refractivity contribution in [3.05, 3.63) is 70.5 Å². The van der Waals surface area contributed by atoms with Crippen LogP contribution in [0, 0.1) is 0 Å². The van der Waals surface area contributed by atoms with Crippen LogP contribution in [0.1, 0.15) is 10.6 Å². The summed E-state index contributed by atoms with van der Waals surface area (Å²) in [5, 5.41) is 5.49. The fourth-order valence-electron chi connectivity index (χ4n) is 3.25. The quantitative estimate of drug-likeness (QED) is 0.589. The first kappa shape index (κ1) is 21.6. The van der Waals surface area contributed by atoms with Gasteiger partial charge >= 0.3 is 0 Å². The van der Waals surface area contributed by atoms with Gasteiger partial charge in [-0.25, -0.2) is 13.4 Å². The van der Waals surface area contributed by atoms with Crippen LogP contribution in [0.3, 0.4) is 0 Å². The lowest BCUT2D eigenvalue weighted by Crippen LogP contribution is -2.40. The van der Waals surface area contributed by atoms with Gasteiger partial charge in [-0.05, 0) is 17.7 Å². The van der Waals surface area contributed by atoms with E-state index in [4.69, 9.17) is 4.74 Å². The molecule has 9 heteroatoms. The number of hydrogen-bond donors (Lipinski definition) is 1. The van der Waals surface area contributed by atoms with E-state index in [0.717, 1.165) is 16.8 Å². The third-order valence-corrected chi connectivity index (χ3v) is 7.72. The van der Waals surface area contributed by atoms with Gasteiger partial charge in [0, 0.05) is 30.6 Å². The maximum atomic E-state index is 12.7. The lowest BCUT2D eigenvalue weighted by molar-refractivity contribution is -0.120. The maximum absolute atomic E-state index is 12.7. The van der Waals surface area contributed by atoms with E-state index in [1.807, 2.05) is 35.7 Å². The summed E-state index contributed by atoms with van der Waals surface area (Å²) in [7, 11) is -3.52. The molecule has 4 rings (SSSR count). The predicted octanol–water partition coefficient (Wildman–Crippen LogP) is 2.69. The summed E-state index contributed by atoms with van der Waals surface area (Å²) in [6.45, 7) is 2.05. The summed E-state index contributed by atoms with van der Waals surface area (Å²) in [4.78, 5) is 17.0. The minimum atomic E-state index is -3.52. The Bertz CT molecular complexity index is 1120. The van der Waals surface area contributed by atoms with E-state index in [-0.39, 0.29) is 17.2 Å². The third kappa shape index (κ3) is 5.37. The standard InChI is InChI=1S/C22H23N3O4S2/c26-21(23-15-17-4-2-1-3-5-17)14-22-24-20(16-30-22)18-6-8-19(9-7-18)31(27,28)25-10-12-29-13-11-25/h1-9,16H,10-15H2,(H,23,26). The first-order valence-electron chi connectivity index (χ1n) is 9.96. The number of morpholine rings is 1. The highest BCUT2D eigenvalue weighted by molar-refractivity contribution is 7.89. The average Bonchev–Trinajstić information content (AvgIpc) is 3.27. The predicted molar refractivity (Wildman–Crippen MR) is 119 cm³/mol. The van der Waals surface area contributed by atoms with Gasteiger partial charge in [-0.1, -0.05) is 42.5 Å². The second-order valence-corrected chi connectivity index (χ2v) is 9.99. The summed E-state index contributed by atoms with van der Waals surface area (Å²) < 4.78 is 32.2. The van der Waals surface area contributed by atoms with Crippen LogP contribution < -0.4 is 5.32 Å². The number of nitrogens with zero attached hydrogens (tertiary/aromatic N) is 2. The molecule has 1 aliphatic rings. The van der Waals surface area contributed by atoms with E-state index < -0.39 is 10.0 Å². The Morgan fingerprint density at radius 2 is 1.77 bits per heavy atom. The van der Waals surface area contributed by atoms with Crippen molar-refractivity contribution in [3.8, 4) is 11.3 Å². The molecule has 0 radical (unpaired) electrons. The molecule has 7 nitrogen and oxygen atoms in total. The highest BCUT2D eigenvalue weighted by atomic mass is 32.2. The van der Waals surface area contributed by atoms with Crippen LogP contribution in [0.15, 0.2) is 64.9 Å². The molecule has 0 aliphatic carbocycles. The third-order valence-electron chi connectivity index (χ3n) is 4.95. The number of sulfonamides is 1. The van der Waals surface area contributed by atoms with Crippen LogP contribution >= 0.6 is 11.3 Å². The minimum absolute atomic E-state index is 0.0864. The van der Waals surface area contributed by atoms with Crippen molar-refractivity contribution >= 4 is 27.3 Å². The Morgan fingerprint density at radius 3 is 2.48 bits per heavy atom. The molecule has 3 aromatic rings. The molecule has 1 saturated heterocycles. The fourth-order valence-corrected chi connectivity index (χ4v) is 5.46. The van der Waals surface area contributed by atoms with Crippen molar-refractivity contribution in [1.82, 2.24) is 14.6 Å². The van der Waals surface area contributed by atoms with Crippen molar-refractivity contribution in [2.75, 3.05) is 26.3 Å². The Kier molecular flexibility index (Phi) is 6.77. The van der Waals surface area contributed by atoms with Crippen molar-refractivity contribution in [3.63, 3.8) is 0 Å². The number of ether oxygens (including phenoxy) is 1. The molecule has 31 heavy (non-hydrogen) atoms. The Balaban J connectivity index is 1.38. The topological polar surface area (TPSA) is 88.6 Å². The number of carbonyl (C=O) groups is 1. The smallest absolute Gasteiger partial charge is 0.243 e. The van der Waals surface area contributed by atoms with Crippen LogP contribution in [0.2, 0.25) is 0 Å². The maximum Gasteiger partial charge on any atom is 0.243 e. The van der Waals surface area contributed by atoms with E-state index in [0.29, 0.717) is 37.9 Å². The molecular formula is C22H23N3O4S2. The SMILES string of the molecule is O=C(Cc1nc(-c2ccc(S(=O)(=O)N3CCOCC3)cc2)cs1)NCc1ccccc1. The molecule has 1 amide bonds. The molecular weight excluding hydrogens is 434 g/mol. The van der Waals surface area contributed by atoms with Gasteiger partial charge < -0.3 is 10.1 Å². The lowest BCUT2D eigenvalue weighted by Gasteiger charge is -2.26. The number of aromatic nitrogens is 1. The van der Waals surface area contributed by atoms with Crippen molar-refractivity contribution < 1.29 is 17.9 Å². The van der Waals surface area contributed by atoms with E-state index in [1.54, 1.807) is 24.3 Å². The van der Waals surface area contributed by atoms with Gasteiger partial charge in [0.2, 0.25) is 15.9 Å². The second-order valence-electron chi connectivity index (χ2n) is 7.11. The number of thiazole rings is 1. The number of rotatable bonds is 7. The van der Waals surface area contributed by atoms with E-state index in [1.165, 1.54) is 15.6 Å². The molecule has 0 unspecified atom stereocenters. The molecule has 2 aromatic carbocycles. The van der Waals surface area contributed by atoms with Crippen LogP contribution in [-0.4, -0.2) is 49.9 Å². The van der Waals surface area contributed by atoms with E-state index in [2.05, 4.69) is 10.3 Å². The van der Waals surface area contributed by atoms with Crippen LogP contribution in [0.4, 0.5) is 0 Å². The van der Waals surface area contributed by atoms with Gasteiger partial charge in [-0.15, -0.1) is 11.3 Å². The monoisotopic (exact) mass is 457 g/mol. The number of hydrogen-bond acceptors (Lipinski definition) is 6. The summed E-state index contributed by atoms with van der Waals surface area (Å²) in [5.74, 6) is -0.0864. The number of benzene rings is 2. The van der Waals surface area contributed by atoms with Crippen molar-refractivity contribution in [1.29, 1.82) is 0 Å². The van der Waals surface area contributed by atoms with Gasteiger partial charge in [0.15, 0.2) is 0 Å². The normalized spacial score (nSPS) is 15.0. The second kappa shape index (κ2) is 9.69. The van der Waals surface area contributed by atoms with Gasteiger partial charge in [-0.2, -0.15) is 4.31 Å². The van der Waals surface area contributed by atoms with Crippen LogP contribution in [0.25, 0.3) is 11.3 Å². The zero-order valence-corrected chi connectivity index (χ0v) is 18.5. The molecule has 162 valence electrons. The lowest BCUT2D eigenvalue weighted by atomic mass is 10.2. The highest BCUT2D eigenvalue weighted by Gasteiger charge is 2.26. The van der Waals surface area contributed by atoms with Crippen molar-refractivity contribution in [2.24, 2.45) is 0 Å². The zero-order chi connectivity index (χ0) is 21.7. The van der Waals surface area contributed by atoms with E-state index >= 15 is 0 Å². The summed E-state index contributed by atoms with van der Waals surface area (Å²) in [6.07, 6.45) is 0.209. The summed E-state index contributed by atoms with van der Waals surface area (Å²) in [5.41, 5.74) is 2.59. The molecule has 0 bridgehead atoms. The first-order chi connectivity index (χ1) is 15.0. The van der Waals surface area contributed by atoms with Gasteiger partial charge in [0.25, 0.3) is 0 Å². The molecule has 1 N–H and O–H groups in total. The highest BCUT2D eigenvalue weighted by Crippen LogP contribution is 2.25. The molecule has 1 aliphatic heterocycles. The summed E-state index contributed by atoms with van der Waals surface area (Å²) >= 11 is 1.41. The summed E-state index contributed by atoms with van der Waals surface area (Å²) in [6, 6.07) is 16.4. The first-order valence-corrected chi connectivity index (χ1v) is 12.3. The largest absolute Gasteiger partial charge is 0.379 e. The zero-order valence-electron chi connectivity index (χ0n) is 16.9. The number of amides is 1. The van der Waals surface area contributed by atoms with Crippen LogP contribution in [0.5, 0.6) is 0 Å². The Morgan fingerprint density at radius 1 is 1.06 bits per heavy atom. The van der Waals surface area contributed by atoms with Gasteiger partial charge in [0.1, 0.15) is 5.01 Å². The van der Waals surface area contributed by atoms with E-state index in [9.17, 15) is 13.2 Å². The molecule has 1 fully saturated rings. The minimum Gasteiger partial charge on any atom is -0.379 e. The average molecular weight is 458 g/mol. The van der Waals surface area contributed by atoms with Crippen molar-refractivity contribution in [2.45, 2.75) is 17.9 Å². The Labute approximate surface area is 185 Å². The van der Waals surface area contributed by atoms with Gasteiger partial charge in [0.05, 0.1) is 30.2 Å². The number of nitrogens with one attached hydrogen (secondary N) is 1.